The van der Waals surface area contributed by atoms with Gasteiger partial charge in [0.1, 0.15) is 11.6 Å². The lowest BCUT2D eigenvalue weighted by Gasteiger charge is -2.34. The topological polar surface area (TPSA) is 81.2 Å². The van der Waals surface area contributed by atoms with Gasteiger partial charge in [0.2, 0.25) is 0 Å². The molecule has 2 aromatic rings. The molecule has 0 aliphatic carbocycles. The second-order valence-electron chi connectivity index (χ2n) is 9.67. The first-order chi connectivity index (χ1) is 17.2. The molecule has 0 saturated carbocycles. The number of anilines is 1. The Hall–Kier alpha value is -3.52. The van der Waals surface area contributed by atoms with Crippen molar-refractivity contribution in [1.82, 2.24) is 9.80 Å². The minimum atomic E-state index is -1.81. The third-order valence-corrected chi connectivity index (χ3v) is 6.98. The molecular formula is C28H32FN3O4. The molecule has 2 aliphatic heterocycles. The predicted molar refractivity (Wildman–Crippen MR) is 136 cm³/mol. The van der Waals surface area contributed by atoms with E-state index in [4.69, 9.17) is 0 Å². The summed E-state index contributed by atoms with van der Waals surface area (Å²) >= 11 is 0. The summed E-state index contributed by atoms with van der Waals surface area (Å²) in [5.74, 6) is -3.35. The molecule has 2 aliphatic rings. The predicted octanol–water partition coefficient (Wildman–Crippen LogP) is 3.81. The highest BCUT2D eigenvalue weighted by Crippen LogP contribution is 2.53. The first kappa shape index (κ1) is 25.6. The van der Waals surface area contributed by atoms with Crippen LogP contribution in [0.4, 0.5) is 10.1 Å². The van der Waals surface area contributed by atoms with Gasteiger partial charge in [-0.2, -0.15) is 0 Å². The van der Waals surface area contributed by atoms with Crippen molar-refractivity contribution in [2.75, 3.05) is 38.6 Å². The number of unbranched alkanes of at least 4 members (excludes halogenated alkanes) is 1. The summed E-state index contributed by atoms with van der Waals surface area (Å²) in [5, 5.41) is 11.4. The zero-order valence-corrected chi connectivity index (χ0v) is 21.2. The summed E-state index contributed by atoms with van der Waals surface area (Å²) in [6.45, 7) is 4.79. The van der Waals surface area contributed by atoms with Crippen LogP contribution in [0.25, 0.3) is 5.76 Å². The SMILES string of the molecule is CCCCN1C(=O)[C@]2(C(=C(O)c3ccc(C)c(F)c3)C(=O)C(=O)N2CCCN(C)C)c2ccccc21. The Labute approximate surface area is 210 Å². The van der Waals surface area contributed by atoms with Crippen LogP contribution in [0.15, 0.2) is 48.0 Å². The van der Waals surface area contributed by atoms with Gasteiger partial charge in [0.25, 0.3) is 17.6 Å². The van der Waals surface area contributed by atoms with E-state index in [1.54, 1.807) is 36.1 Å². The summed E-state index contributed by atoms with van der Waals surface area (Å²) in [4.78, 5) is 46.2. The summed E-state index contributed by atoms with van der Waals surface area (Å²) in [5.41, 5.74) is -0.617. The number of para-hydroxylation sites is 1. The van der Waals surface area contributed by atoms with Crippen LogP contribution < -0.4 is 4.90 Å². The van der Waals surface area contributed by atoms with E-state index in [0.29, 0.717) is 36.3 Å². The van der Waals surface area contributed by atoms with E-state index in [-0.39, 0.29) is 17.7 Å². The lowest BCUT2D eigenvalue weighted by Crippen LogP contribution is -2.52. The van der Waals surface area contributed by atoms with Gasteiger partial charge in [-0.05, 0) is 58.1 Å². The number of hydrogen-bond donors (Lipinski definition) is 1. The van der Waals surface area contributed by atoms with Crippen molar-refractivity contribution in [2.24, 2.45) is 0 Å². The average Bonchev–Trinajstić information content (AvgIpc) is 3.22. The van der Waals surface area contributed by atoms with E-state index < -0.39 is 34.7 Å². The molecule has 1 fully saturated rings. The molecule has 1 atom stereocenters. The van der Waals surface area contributed by atoms with Crippen molar-refractivity contribution in [3.8, 4) is 0 Å². The zero-order chi connectivity index (χ0) is 26.2. The summed E-state index contributed by atoms with van der Waals surface area (Å²) in [6, 6.07) is 11.2. The molecule has 190 valence electrons. The van der Waals surface area contributed by atoms with Gasteiger partial charge < -0.3 is 19.8 Å². The van der Waals surface area contributed by atoms with Gasteiger partial charge >= 0.3 is 0 Å². The molecule has 7 nitrogen and oxygen atoms in total. The molecule has 0 unspecified atom stereocenters. The molecule has 1 saturated heterocycles. The highest BCUT2D eigenvalue weighted by molar-refractivity contribution is 6.50. The van der Waals surface area contributed by atoms with Gasteiger partial charge in [-0.25, -0.2) is 4.39 Å². The Morgan fingerprint density at radius 2 is 1.78 bits per heavy atom. The van der Waals surface area contributed by atoms with E-state index in [1.165, 1.54) is 17.0 Å². The fourth-order valence-corrected chi connectivity index (χ4v) is 5.13. The van der Waals surface area contributed by atoms with Crippen molar-refractivity contribution in [3.63, 3.8) is 0 Å². The summed E-state index contributed by atoms with van der Waals surface area (Å²) in [7, 11) is 3.80. The van der Waals surface area contributed by atoms with Crippen LogP contribution in [-0.2, 0) is 19.9 Å². The number of halogens is 1. The standard InChI is InChI=1S/C28H32FN3O4/c1-5-6-15-31-22-11-8-7-10-20(22)28(27(31)36)23(24(33)19-13-12-18(2)21(29)17-19)25(34)26(35)32(28)16-9-14-30(3)4/h7-8,10-13,17,33H,5-6,9,14-16H2,1-4H3/t28-/m1/s1. The maximum atomic E-state index is 14.4. The van der Waals surface area contributed by atoms with Crippen molar-refractivity contribution in [2.45, 2.75) is 38.6 Å². The number of likely N-dealkylation sites (tertiary alicyclic amines) is 1. The van der Waals surface area contributed by atoms with Crippen molar-refractivity contribution in [3.05, 3.63) is 70.5 Å². The molecular weight excluding hydrogens is 461 g/mol. The fraction of sp³-hybridized carbons (Fsp3) is 0.393. The number of carbonyl (C=O) groups is 3. The lowest BCUT2D eigenvalue weighted by molar-refractivity contribution is -0.143. The number of ketones is 1. The van der Waals surface area contributed by atoms with Crippen LogP contribution in [0.1, 0.15) is 42.9 Å². The number of aliphatic hydroxyl groups excluding tert-OH is 1. The molecule has 1 spiro atoms. The van der Waals surface area contributed by atoms with Crippen molar-refractivity contribution >= 4 is 29.0 Å². The fourth-order valence-electron chi connectivity index (χ4n) is 5.13. The number of carbonyl (C=O) groups excluding carboxylic acids is 3. The van der Waals surface area contributed by atoms with Crippen LogP contribution >= 0.6 is 0 Å². The van der Waals surface area contributed by atoms with E-state index >= 15 is 0 Å². The second kappa shape index (κ2) is 9.85. The maximum Gasteiger partial charge on any atom is 0.296 e. The Bertz CT molecular complexity index is 1260. The maximum absolute atomic E-state index is 14.4. The highest BCUT2D eigenvalue weighted by atomic mass is 19.1. The average molecular weight is 494 g/mol. The Kier molecular flexibility index (Phi) is 7.00. The van der Waals surface area contributed by atoms with Gasteiger partial charge in [0.05, 0.1) is 11.3 Å². The number of aliphatic hydroxyl groups is 1. The molecule has 2 aromatic carbocycles. The van der Waals surface area contributed by atoms with Gasteiger partial charge in [-0.15, -0.1) is 0 Å². The summed E-state index contributed by atoms with van der Waals surface area (Å²) in [6.07, 6.45) is 2.10. The number of fused-ring (bicyclic) bond motifs is 2. The number of aryl methyl sites for hydroxylation is 1. The first-order valence-corrected chi connectivity index (χ1v) is 12.3. The number of Topliss-reactive ketones (excluding diaryl/α,β-unsaturated/α-hetero) is 1. The molecule has 2 amide bonds. The monoisotopic (exact) mass is 493 g/mol. The molecule has 8 heteroatoms. The molecule has 0 aromatic heterocycles. The quantitative estimate of drug-likeness (QED) is 0.344. The third kappa shape index (κ3) is 3.89. The molecule has 0 bridgehead atoms. The normalized spacial score (nSPS) is 20.8. The lowest BCUT2D eigenvalue weighted by atomic mass is 9.81. The van der Waals surface area contributed by atoms with Gasteiger partial charge in [0.15, 0.2) is 5.54 Å². The van der Waals surface area contributed by atoms with E-state index in [9.17, 15) is 23.9 Å². The van der Waals surface area contributed by atoms with Crippen LogP contribution in [0.5, 0.6) is 0 Å². The second-order valence-corrected chi connectivity index (χ2v) is 9.67. The van der Waals surface area contributed by atoms with Crippen LogP contribution in [0, 0.1) is 12.7 Å². The first-order valence-electron chi connectivity index (χ1n) is 12.3. The molecule has 4 rings (SSSR count). The Balaban J connectivity index is 1.99. The smallest absolute Gasteiger partial charge is 0.296 e. The van der Waals surface area contributed by atoms with E-state index in [0.717, 1.165) is 18.9 Å². The number of nitrogens with zero attached hydrogens (tertiary/aromatic N) is 3. The molecule has 2 heterocycles. The van der Waals surface area contributed by atoms with Gasteiger partial charge in [-0.3, -0.25) is 14.4 Å². The number of hydrogen-bond acceptors (Lipinski definition) is 5. The zero-order valence-electron chi connectivity index (χ0n) is 21.2. The van der Waals surface area contributed by atoms with Gasteiger partial charge in [0, 0.05) is 24.2 Å². The highest BCUT2D eigenvalue weighted by Gasteiger charge is 2.66. The van der Waals surface area contributed by atoms with E-state index in [1.807, 2.05) is 25.9 Å². The Morgan fingerprint density at radius 1 is 1.06 bits per heavy atom. The molecule has 1 N–H and O–H groups in total. The molecule has 36 heavy (non-hydrogen) atoms. The van der Waals surface area contributed by atoms with Gasteiger partial charge in [-0.1, -0.05) is 43.7 Å². The number of rotatable bonds is 8. The van der Waals surface area contributed by atoms with E-state index in [2.05, 4.69) is 0 Å². The van der Waals surface area contributed by atoms with Crippen molar-refractivity contribution < 1.29 is 23.9 Å². The minimum Gasteiger partial charge on any atom is -0.507 e. The van der Waals surface area contributed by atoms with Crippen LogP contribution in [0.2, 0.25) is 0 Å². The number of benzene rings is 2. The van der Waals surface area contributed by atoms with Crippen molar-refractivity contribution in [1.29, 1.82) is 0 Å². The minimum absolute atomic E-state index is 0.0426. The molecule has 0 radical (unpaired) electrons. The largest absolute Gasteiger partial charge is 0.507 e. The third-order valence-electron chi connectivity index (χ3n) is 6.98. The number of amides is 2. The van der Waals surface area contributed by atoms with Crippen LogP contribution in [-0.4, -0.2) is 66.2 Å². The van der Waals surface area contributed by atoms with Crippen LogP contribution in [0.3, 0.4) is 0 Å². The Morgan fingerprint density at radius 3 is 2.44 bits per heavy atom. The summed E-state index contributed by atoms with van der Waals surface area (Å²) < 4.78 is 14.4.